The Morgan fingerprint density at radius 3 is 2.61 bits per heavy atom. The monoisotopic (exact) mass is 364 g/mol. The molecule has 0 saturated heterocycles. The number of carbonyl (C=O) groups is 1. The molecule has 1 aromatic heterocycles. The molecule has 0 spiro atoms. The molecule has 0 fully saturated rings. The first-order valence-electron chi connectivity index (χ1n) is 8.77. The van der Waals surface area contributed by atoms with Crippen molar-refractivity contribution in [3.8, 4) is 17.2 Å². The largest absolute Gasteiger partial charge is 0.466 e. The zero-order valence-corrected chi connectivity index (χ0v) is 15.2. The summed E-state index contributed by atoms with van der Waals surface area (Å²) in [6, 6.07) is 19.9. The van der Waals surface area contributed by atoms with Crippen LogP contribution in [-0.4, -0.2) is 18.1 Å². The van der Waals surface area contributed by atoms with Crippen LogP contribution in [0.4, 0.5) is 0 Å². The van der Waals surface area contributed by atoms with Gasteiger partial charge < -0.3 is 4.74 Å². The number of ether oxygens (including phenoxy) is 1. The number of benzene rings is 3. The molecule has 0 saturated carbocycles. The SMILES string of the molecule is COC(=O)/C=C/c1ccc2cncc(-c3ccc(C#N)c4ccccc34)c2c1. The summed E-state index contributed by atoms with van der Waals surface area (Å²) in [4.78, 5) is 15.8. The van der Waals surface area contributed by atoms with Crippen LogP contribution >= 0.6 is 0 Å². The van der Waals surface area contributed by atoms with E-state index in [-0.39, 0.29) is 0 Å². The van der Waals surface area contributed by atoms with Crippen molar-refractivity contribution in [1.82, 2.24) is 4.98 Å². The van der Waals surface area contributed by atoms with Gasteiger partial charge >= 0.3 is 5.97 Å². The van der Waals surface area contributed by atoms with E-state index in [4.69, 9.17) is 0 Å². The number of fused-ring (bicyclic) bond motifs is 2. The Morgan fingerprint density at radius 1 is 1.00 bits per heavy atom. The van der Waals surface area contributed by atoms with Gasteiger partial charge in [0, 0.05) is 34.8 Å². The summed E-state index contributed by atoms with van der Waals surface area (Å²) in [5, 5.41) is 13.4. The van der Waals surface area contributed by atoms with Crippen LogP contribution in [0.2, 0.25) is 0 Å². The lowest BCUT2D eigenvalue weighted by molar-refractivity contribution is -0.134. The predicted molar refractivity (Wildman–Crippen MR) is 110 cm³/mol. The molecule has 0 bridgehead atoms. The number of methoxy groups -OCH3 is 1. The molecule has 4 aromatic rings. The molecule has 4 nitrogen and oxygen atoms in total. The van der Waals surface area contributed by atoms with Gasteiger partial charge in [0.15, 0.2) is 0 Å². The predicted octanol–water partition coefficient (Wildman–Crippen LogP) is 5.11. The van der Waals surface area contributed by atoms with Crippen molar-refractivity contribution < 1.29 is 9.53 Å². The summed E-state index contributed by atoms with van der Waals surface area (Å²) in [5.41, 5.74) is 3.53. The van der Waals surface area contributed by atoms with E-state index in [9.17, 15) is 10.1 Å². The number of aromatic nitrogens is 1. The molecular formula is C24H16N2O2. The number of nitriles is 1. The third-order valence-corrected chi connectivity index (χ3v) is 4.73. The molecule has 0 N–H and O–H groups in total. The summed E-state index contributed by atoms with van der Waals surface area (Å²) < 4.78 is 4.66. The molecule has 0 amide bonds. The molecule has 28 heavy (non-hydrogen) atoms. The fourth-order valence-electron chi connectivity index (χ4n) is 3.36. The van der Waals surface area contributed by atoms with E-state index < -0.39 is 5.97 Å². The lowest BCUT2D eigenvalue weighted by Crippen LogP contribution is -1.93. The maximum atomic E-state index is 11.4. The molecular weight excluding hydrogens is 348 g/mol. The van der Waals surface area contributed by atoms with Gasteiger partial charge in [-0.15, -0.1) is 0 Å². The van der Waals surface area contributed by atoms with Gasteiger partial charge in [-0.25, -0.2) is 4.79 Å². The number of pyridine rings is 1. The third-order valence-electron chi connectivity index (χ3n) is 4.73. The molecule has 0 unspecified atom stereocenters. The fraction of sp³-hybridized carbons (Fsp3) is 0.0417. The Morgan fingerprint density at radius 2 is 1.82 bits per heavy atom. The van der Waals surface area contributed by atoms with Crippen LogP contribution in [0.15, 0.2) is 73.1 Å². The van der Waals surface area contributed by atoms with Crippen LogP contribution in [0.25, 0.3) is 38.7 Å². The normalized spacial score (nSPS) is 11.0. The standard InChI is InChI=1S/C24H16N2O2/c1-28-24(27)11-7-16-6-8-18-14-26-15-23(22(18)12-16)21-10-9-17(13-25)19-4-2-3-5-20(19)21/h2-12,14-15H,1H3/b11-7+. The Labute approximate surface area is 162 Å². The van der Waals surface area contributed by atoms with E-state index in [1.165, 1.54) is 13.2 Å². The van der Waals surface area contributed by atoms with Gasteiger partial charge in [-0.3, -0.25) is 4.98 Å². The maximum absolute atomic E-state index is 11.4. The lowest BCUT2D eigenvalue weighted by Gasteiger charge is -2.11. The second kappa shape index (κ2) is 7.34. The van der Waals surface area contributed by atoms with E-state index in [2.05, 4.69) is 15.8 Å². The van der Waals surface area contributed by atoms with Gasteiger partial charge in [-0.1, -0.05) is 42.5 Å². The van der Waals surface area contributed by atoms with Crippen molar-refractivity contribution in [2.45, 2.75) is 0 Å². The quantitative estimate of drug-likeness (QED) is 0.374. The number of esters is 1. The Bertz CT molecular complexity index is 1280. The van der Waals surface area contributed by atoms with Crippen LogP contribution in [0.3, 0.4) is 0 Å². The molecule has 3 aromatic carbocycles. The molecule has 0 radical (unpaired) electrons. The summed E-state index contributed by atoms with van der Waals surface area (Å²) >= 11 is 0. The molecule has 0 aliphatic heterocycles. The highest BCUT2D eigenvalue weighted by molar-refractivity contribution is 6.06. The highest BCUT2D eigenvalue weighted by Crippen LogP contribution is 2.35. The van der Waals surface area contributed by atoms with Gasteiger partial charge in [0.2, 0.25) is 0 Å². The number of nitrogens with zero attached hydrogens (tertiary/aromatic N) is 2. The first-order chi connectivity index (χ1) is 13.7. The van der Waals surface area contributed by atoms with Crippen LogP contribution in [-0.2, 0) is 9.53 Å². The van der Waals surface area contributed by atoms with Gasteiger partial charge in [0.1, 0.15) is 0 Å². The zero-order chi connectivity index (χ0) is 19.5. The molecule has 0 atom stereocenters. The Hall–Kier alpha value is -3.97. The van der Waals surface area contributed by atoms with Crippen LogP contribution in [0, 0.1) is 11.3 Å². The van der Waals surface area contributed by atoms with Crippen molar-refractivity contribution in [2.75, 3.05) is 7.11 Å². The summed E-state index contributed by atoms with van der Waals surface area (Å²) in [5.74, 6) is -0.395. The fourth-order valence-corrected chi connectivity index (χ4v) is 3.36. The smallest absolute Gasteiger partial charge is 0.330 e. The Balaban J connectivity index is 1.95. The van der Waals surface area contributed by atoms with Crippen molar-refractivity contribution in [1.29, 1.82) is 5.26 Å². The molecule has 1 heterocycles. The minimum Gasteiger partial charge on any atom is -0.466 e. The van der Waals surface area contributed by atoms with Crippen molar-refractivity contribution >= 4 is 33.6 Å². The zero-order valence-electron chi connectivity index (χ0n) is 15.2. The molecule has 134 valence electrons. The highest BCUT2D eigenvalue weighted by atomic mass is 16.5. The number of hydrogen-bond donors (Lipinski definition) is 0. The molecule has 4 heteroatoms. The third kappa shape index (κ3) is 3.10. The maximum Gasteiger partial charge on any atom is 0.330 e. The van der Waals surface area contributed by atoms with E-state index in [0.717, 1.165) is 38.2 Å². The number of rotatable bonds is 3. The van der Waals surface area contributed by atoms with Crippen molar-refractivity contribution in [3.63, 3.8) is 0 Å². The minimum atomic E-state index is -0.395. The topological polar surface area (TPSA) is 63.0 Å². The van der Waals surface area contributed by atoms with Crippen LogP contribution in [0.1, 0.15) is 11.1 Å². The molecule has 4 rings (SSSR count). The summed E-state index contributed by atoms with van der Waals surface area (Å²) in [6.45, 7) is 0. The minimum absolute atomic E-state index is 0.395. The first-order valence-corrected chi connectivity index (χ1v) is 8.77. The van der Waals surface area contributed by atoms with E-state index >= 15 is 0 Å². The van der Waals surface area contributed by atoms with Gasteiger partial charge in [0.05, 0.1) is 18.7 Å². The first kappa shape index (κ1) is 17.4. The second-order valence-electron chi connectivity index (χ2n) is 6.34. The molecule has 0 aliphatic carbocycles. The van der Waals surface area contributed by atoms with E-state index in [0.29, 0.717) is 5.56 Å². The van der Waals surface area contributed by atoms with Gasteiger partial charge in [0.25, 0.3) is 0 Å². The number of carbonyl (C=O) groups excluding carboxylic acids is 1. The van der Waals surface area contributed by atoms with E-state index in [1.54, 1.807) is 6.08 Å². The summed E-state index contributed by atoms with van der Waals surface area (Å²) in [7, 11) is 1.35. The average molecular weight is 364 g/mol. The van der Waals surface area contributed by atoms with Crippen molar-refractivity contribution in [3.05, 3.63) is 84.2 Å². The molecule has 0 aliphatic rings. The van der Waals surface area contributed by atoms with Crippen LogP contribution < -0.4 is 0 Å². The van der Waals surface area contributed by atoms with Crippen molar-refractivity contribution in [2.24, 2.45) is 0 Å². The average Bonchev–Trinajstić information content (AvgIpc) is 2.76. The van der Waals surface area contributed by atoms with Gasteiger partial charge in [-0.2, -0.15) is 5.26 Å². The number of hydrogen-bond acceptors (Lipinski definition) is 4. The Kier molecular flexibility index (Phi) is 4.57. The van der Waals surface area contributed by atoms with Crippen LogP contribution in [0.5, 0.6) is 0 Å². The lowest BCUT2D eigenvalue weighted by atomic mass is 9.93. The van der Waals surface area contributed by atoms with Gasteiger partial charge in [-0.05, 0) is 40.1 Å². The summed E-state index contributed by atoms with van der Waals surface area (Å²) in [6.07, 6.45) is 6.79. The highest BCUT2D eigenvalue weighted by Gasteiger charge is 2.11. The van der Waals surface area contributed by atoms with E-state index in [1.807, 2.05) is 67.0 Å². The second-order valence-corrected chi connectivity index (χ2v) is 6.34.